The van der Waals surface area contributed by atoms with Gasteiger partial charge in [-0.1, -0.05) is 92.2 Å². The minimum Gasteiger partial charge on any atom is -0.496 e. The van der Waals surface area contributed by atoms with Crippen LogP contribution in [0.5, 0.6) is 5.75 Å². The van der Waals surface area contributed by atoms with E-state index >= 15 is 0 Å². The lowest BCUT2D eigenvalue weighted by atomic mass is 9.66. The molecule has 6 rings (SSSR count). The molecule has 3 heterocycles. The summed E-state index contributed by atoms with van der Waals surface area (Å²) >= 11 is 0. The van der Waals surface area contributed by atoms with Gasteiger partial charge in [0.1, 0.15) is 5.75 Å². The standard InChI is InChI=1S/C30H36N2O/c1-3-22-21-32-19-18-26(22)29(31-20-25-16-10-11-17-27(25)33-2)30(32)28(23-12-6-4-7-13-23)24-14-8-5-9-15-24/h4-17,22,26,28-31H,3,18-21H2,1-2H3. The molecule has 3 fully saturated rings. The SMILES string of the molecule is CCC1CN2CCC1C(NCc1ccccc1OC)C2C(c1ccccc1)c1ccccc1. The fraction of sp³-hybridized carbons (Fsp3) is 0.400. The van der Waals surface area contributed by atoms with Gasteiger partial charge in [-0.05, 0) is 42.0 Å². The molecule has 5 atom stereocenters. The Morgan fingerprint density at radius 2 is 1.55 bits per heavy atom. The maximum absolute atomic E-state index is 5.65. The Bertz CT molecular complexity index is 982. The van der Waals surface area contributed by atoms with Crippen LogP contribution in [0.25, 0.3) is 0 Å². The number of piperidine rings is 3. The van der Waals surface area contributed by atoms with Crippen LogP contribution in [-0.2, 0) is 6.54 Å². The Labute approximate surface area is 198 Å². The molecule has 0 aliphatic carbocycles. The highest BCUT2D eigenvalue weighted by molar-refractivity contribution is 5.37. The van der Waals surface area contributed by atoms with Crippen LogP contribution >= 0.6 is 0 Å². The van der Waals surface area contributed by atoms with E-state index in [0.29, 0.717) is 23.9 Å². The highest BCUT2D eigenvalue weighted by Gasteiger charge is 2.49. The number of nitrogens with zero attached hydrogens (tertiary/aromatic N) is 1. The van der Waals surface area contributed by atoms with E-state index in [4.69, 9.17) is 4.74 Å². The summed E-state index contributed by atoms with van der Waals surface area (Å²) in [7, 11) is 1.77. The predicted molar refractivity (Wildman–Crippen MR) is 136 cm³/mol. The molecule has 3 aliphatic heterocycles. The zero-order valence-corrected chi connectivity index (χ0v) is 19.9. The van der Waals surface area contributed by atoms with Gasteiger partial charge < -0.3 is 10.1 Å². The molecule has 2 bridgehead atoms. The van der Waals surface area contributed by atoms with Crippen molar-refractivity contribution < 1.29 is 4.74 Å². The Kier molecular flexibility index (Phi) is 6.80. The van der Waals surface area contributed by atoms with Crippen LogP contribution in [-0.4, -0.2) is 37.2 Å². The van der Waals surface area contributed by atoms with Crippen molar-refractivity contribution in [2.45, 2.75) is 44.3 Å². The van der Waals surface area contributed by atoms with Gasteiger partial charge in [-0.25, -0.2) is 0 Å². The molecule has 0 saturated carbocycles. The molecule has 3 nitrogen and oxygen atoms in total. The van der Waals surface area contributed by atoms with Gasteiger partial charge in [-0.2, -0.15) is 0 Å². The number of fused-ring (bicyclic) bond motifs is 3. The number of rotatable bonds is 8. The minimum absolute atomic E-state index is 0.350. The molecule has 0 amide bonds. The van der Waals surface area contributed by atoms with Crippen molar-refractivity contribution in [3.05, 3.63) is 102 Å². The van der Waals surface area contributed by atoms with Crippen molar-refractivity contribution in [2.75, 3.05) is 20.2 Å². The van der Waals surface area contributed by atoms with Crippen molar-refractivity contribution in [3.63, 3.8) is 0 Å². The maximum Gasteiger partial charge on any atom is 0.123 e. The van der Waals surface area contributed by atoms with Gasteiger partial charge in [-0.15, -0.1) is 0 Å². The molecule has 33 heavy (non-hydrogen) atoms. The molecule has 172 valence electrons. The largest absolute Gasteiger partial charge is 0.496 e. The summed E-state index contributed by atoms with van der Waals surface area (Å²) in [6.07, 6.45) is 2.54. The lowest BCUT2D eigenvalue weighted by Gasteiger charge is -2.57. The lowest BCUT2D eigenvalue weighted by molar-refractivity contribution is -0.0383. The van der Waals surface area contributed by atoms with E-state index in [-0.39, 0.29) is 0 Å². The molecular weight excluding hydrogens is 404 g/mol. The summed E-state index contributed by atoms with van der Waals surface area (Å²) in [5.41, 5.74) is 4.07. The molecular formula is C30H36N2O. The van der Waals surface area contributed by atoms with Gasteiger partial charge in [0, 0.05) is 36.7 Å². The summed E-state index contributed by atoms with van der Waals surface area (Å²) in [5.74, 6) is 2.78. The summed E-state index contributed by atoms with van der Waals surface area (Å²) in [6.45, 7) is 5.62. The zero-order valence-electron chi connectivity index (χ0n) is 19.9. The molecule has 3 aromatic rings. The smallest absolute Gasteiger partial charge is 0.123 e. The van der Waals surface area contributed by atoms with Crippen LogP contribution in [0.4, 0.5) is 0 Å². The average Bonchev–Trinajstić information content (AvgIpc) is 2.89. The first-order valence-electron chi connectivity index (χ1n) is 12.5. The van der Waals surface area contributed by atoms with Crippen LogP contribution in [0.1, 0.15) is 42.4 Å². The predicted octanol–water partition coefficient (Wildman–Crippen LogP) is 5.72. The van der Waals surface area contributed by atoms with E-state index in [1.807, 2.05) is 6.07 Å². The van der Waals surface area contributed by atoms with Gasteiger partial charge in [0.2, 0.25) is 0 Å². The number of hydrogen-bond donors (Lipinski definition) is 1. The first kappa shape index (κ1) is 22.2. The van der Waals surface area contributed by atoms with E-state index in [0.717, 1.165) is 18.2 Å². The Morgan fingerprint density at radius 1 is 0.909 bits per heavy atom. The molecule has 3 aliphatic rings. The summed E-state index contributed by atoms with van der Waals surface area (Å²) in [5, 5.41) is 4.06. The Hall–Kier alpha value is -2.62. The van der Waals surface area contributed by atoms with Crippen LogP contribution < -0.4 is 10.1 Å². The third kappa shape index (κ3) is 4.45. The second-order valence-corrected chi connectivity index (χ2v) is 9.62. The molecule has 0 radical (unpaired) electrons. The van der Waals surface area contributed by atoms with E-state index in [9.17, 15) is 0 Å². The van der Waals surface area contributed by atoms with E-state index in [2.05, 4.69) is 96.0 Å². The number of hydrogen-bond acceptors (Lipinski definition) is 3. The monoisotopic (exact) mass is 440 g/mol. The van der Waals surface area contributed by atoms with Crippen molar-refractivity contribution in [1.82, 2.24) is 10.2 Å². The Balaban J connectivity index is 1.52. The fourth-order valence-corrected chi connectivity index (χ4v) is 6.41. The van der Waals surface area contributed by atoms with E-state index in [1.54, 1.807) is 7.11 Å². The molecule has 3 aromatic carbocycles. The third-order valence-corrected chi connectivity index (χ3v) is 7.98. The molecule has 0 spiro atoms. The van der Waals surface area contributed by atoms with Gasteiger partial charge in [0.05, 0.1) is 7.11 Å². The second kappa shape index (κ2) is 10.1. The highest BCUT2D eigenvalue weighted by atomic mass is 16.5. The quantitative estimate of drug-likeness (QED) is 0.485. The highest BCUT2D eigenvalue weighted by Crippen LogP contribution is 2.45. The first-order valence-corrected chi connectivity index (χ1v) is 12.5. The molecule has 3 heteroatoms. The molecule has 0 aromatic heterocycles. The van der Waals surface area contributed by atoms with Gasteiger partial charge in [0.25, 0.3) is 0 Å². The number of para-hydroxylation sites is 1. The molecule has 1 N–H and O–H groups in total. The minimum atomic E-state index is 0.350. The normalized spacial score (nSPS) is 26.5. The number of ether oxygens (including phenoxy) is 1. The van der Waals surface area contributed by atoms with Crippen molar-refractivity contribution >= 4 is 0 Å². The molecule has 5 unspecified atom stereocenters. The number of methoxy groups -OCH3 is 1. The van der Waals surface area contributed by atoms with Crippen LogP contribution in [0.2, 0.25) is 0 Å². The average molecular weight is 441 g/mol. The number of benzene rings is 3. The maximum atomic E-state index is 5.65. The topological polar surface area (TPSA) is 24.5 Å². The van der Waals surface area contributed by atoms with Gasteiger partial charge >= 0.3 is 0 Å². The zero-order chi connectivity index (χ0) is 22.6. The number of nitrogens with one attached hydrogen (secondary N) is 1. The van der Waals surface area contributed by atoms with Crippen LogP contribution in [0.3, 0.4) is 0 Å². The van der Waals surface area contributed by atoms with Crippen molar-refractivity contribution in [3.8, 4) is 5.75 Å². The van der Waals surface area contributed by atoms with Crippen molar-refractivity contribution in [2.24, 2.45) is 11.8 Å². The van der Waals surface area contributed by atoms with Crippen LogP contribution in [0.15, 0.2) is 84.9 Å². The Morgan fingerprint density at radius 3 is 2.18 bits per heavy atom. The summed E-state index contributed by atoms with van der Waals surface area (Å²) in [6, 6.07) is 31.6. The lowest BCUT2D eigenvalue weighted by Crippen LogP contribution is -2.67. The van der Waals surface area contributed by atoms with Gasteiger partial charge in [0.15, 0.2) is 0 Å². The summed E-state index contributed by atoms with van der Waals surface area (Å²) < 4.78 is 5.65. The summed E-state index contributed by atoms with van der Waals surface area (Å²) in [4.78, 5) is 2.79. The fourth-order valence-electron chi connectivity index (χ4n) is 6.41. The second-order valence-electron chi connectivity index (χ2n) is 9.62. The third-order valence-electron chi connectivity index (χ3n) is 7.98. The van der Waals surface area contributed by atoms with E-state index in [1.165, 1.54) is 42.6 Å². The molecule has 3 saturated heterocycles. The first-order chi connectivity index (χ1) is 16.3. The van der Waals surface area contributed by atoms with Gasteiger partial charge in [-0.3, -0.25) is 4.90 Å². The van der Waals surface area contributed by atoms with Crippen molar-refractivity contribution in [1.29, 1.82) is 0 Å². The van der Waals surface area contributed by atoms with Crippen LogP contribution in [0, 0.1) is 11.8 Å². The van der Waals surface area contributed by atoms with E-state index < -0.39 is 0 Å².